The molecule has 3 amide bonds. The van der Waals surface area contributed by atoms with Gasteiger partial charge in [-0.05, 0) is 24.6 Å². The molecule has 0 bridgehead atoms. The summed E-state index contributed by atoms with van der Waals surface area (Å²) in [5, 5.41) is 14.2. The summed E-state index contributed by atoms with van der Waals surface area (Å²) >= 11 is 0. The normalized spacial score (nSPS) is 16.7. The lowest BCUT2D eigenvalue weighted by molar-refractivity contribution is -0.137. The Kier molecular flexibility index (Phi) is 7.88. The van der Waals surface area contributed by atoms with Gasteiger partial charge in [-0.1, -0.05) is 0 Å². The number of hydrogen-bond acceptors (Lipinski definition) is 5. The first-order chi connectivity index (χ1) is 14.2. The Bertz CT molecular complexity index is 810. The number of likely N-dealkylation sites (N-methyl/N-ethyl adjacent to an activating group) is 1. The zero-order chi connectivity index (χ0) is 22.3. The molecule has 0 saturated carbocycles. The van der Waals surface area contributed by atoms with Gasteiger partial charge in [-0.2, -0.15) is 18.4 Å². The van der Waals surface area contributed by atoms with Crippen LogP contribution in [0.2, 0.25) is 0 Å². The molecule has 1 aromatic carbocycles. The van der Waals surface area contributed by atoms with Crippen LogP contribution in [0, 0.1) is 11.3 Å². The zero-order valence-corrected chi connectivity index (χ0v) is 16.8. The Balaban J connectivity index is 2.20. The molecule has 1 aliphatic heterocycles. The molecule has 164 valence electrons. The number of alkyl halides is 3. The highest BCUT2D eigenvalue weighted by Crippen LogP contribution is 2.34. The lowest BCUT2D eigenvalue weighted by Crippen LogP contribution is -2.62. The molecule has 0 aromatic heterocycles. The van der Waals surface area contributed by atoms with Gasteiger partial charge in [0.25, 0.3) is 0 Å². The summed E-state index contributed by atoms with van der Waals surface area (Å²) in [5.74, 6) is -0.420. The molecule has 0 spiro atoms. The summed E-state index contributed by atoms with van der Waals surface area (Å²) in [4.78, 5) is 27.8. The fourth-order valence-electron chi connectivity index (χ4n) is 3.23. The minimum Gasteiger partial charge on any atom is -0.385 e. The van der Waals surface area contributed by atoms with Crippen molar-refractivity contribution in [3.63, 3.8) is 0 Å². The third kappa shape index (κ3) is 5.54. The number of ether oxygens (including phenoxy) is 1. The van der Waals surface area contributed by atoms with E-state index in [9.17, 15) is 22.8 Å². The number of methoxy groups -OCH3 is 1. The number of amides is 3. The lowest BCUT2D eigenvalue weighted by atomic mass is 10.0. The van der Waals surface area contributed by atoms with E-state index >= 15 is 0 Å². The van der Waals surface area contributed by atoms with Crippen molar-refractivity contribution in [2.75, 3.05) is 51.8 Å². The van der Waals surface area contributed by atoms with Crippen LogP contribution in [0.15, 0.2) is 18.2 Å². The topological polar surface area (TPSA) is 97.7 Å². The molecule has 8 nitrogen and oxygen atoms in total. The van der Waals surface area contributed by atoms with Crippen LogP contribution in [0.1, 0.15) is 17.5 Å². The van der Waals surface area contributed by atoms with Crippen LogP contribution in [0.4, 0.5) is 23.7 Å². The summed E-state index contributed by atoms with van der Waals surface area (Å²) in [6.45, 7) is 1.26. The molecule has 0 radical (unpaired) electrons. The summed E-state index contributed by atoms with van der Waals surface area (Å²) in [6, 6.07) is 3.67. The maximum Gasteiger partial charge on any atom is 0.417 e. The van der Waals surface area contributed by atoms with E-state index < -0.39 is 35.3 Å². The molecular weight excluding hydrogens is 403 g/mol. The number of rotatable bonds is 6. The van der Waals surface area contributed by atoms with Crippen LogP contribution in [0.25, 0.3) is 0 Å². The van der Waals surface area contributed by atoms with Gasteiger partial charge >= 0.3 is 12.2 Å². The van der Waals surface area contributed by atoms with Crippen LogP contribution in [-0.2, 0) is 15.7 Å². The fourth-order valence-corrected chi connectivity index (χ4v) is 3.23. The highest BCUT2D eigenvalue weighted by Gasteiger charge is 2.37. The van der Waals surface area contributed by atoms with Gasteiger partial charge in [0.2, 0.25) is 5.91 Å². The summed E-state index contributed by atoms with van der Waals surface area (Å²) in [7, 11) is 2.98. The predicted octanol–water partition coefficient (Wildman–Crippen LogP) is 1.56. The van der Waals surface area contributed by atoms with E-state index in [4.69, 9.17) is 10.00 Å². The largest absolute Gasteiger partial charge is 0.417 e. The Morgan fingerprint density at radius 2 is 2.07 bits per heavy atom. The molecule has 1 aromatic rings. The van der Waals surface area contributed by atoms with E-state index in [1.807, 2.05) is 0 Å². The first-order valence-corrected chi connectivity index (χ1v) is 9.34. The third-order valence-electron chi connectivity index (χ3n) is 4.79. The van der Waals surface area contributed by atoms with E-state index in [2.05, 4.69) is 10.6 Å². The van der Waals surface area contributed by atoms with Crippen molar-refractivity contribution in [2.45, 2.75) is 18.6 Å². The molecule has 0 aliphatic carbocycles. The van der Waals surface area contributed by atoms with Crippen molar-refractivity contribution < 1.29 is 27.5 Å². The van der Waals surface area contributed by atoms with Crippen molar-refractivity contribution in [1.29, 1.82) is 5.26 Å². The van der Waals surface area contributed by atoms with Gasteiger partial charge in [0.1, 0.15) is 6.04 Å². The van der Waals surface area contributed by atoms with Crippen molar-refractivity contribution in [3.8, 4) is 6.07 Å². The number of urea groups is 1. The van der Waals surface area contributed by atoms with Gasteiger partial charge in [-0.15, -0.1) is 0 Å². The highest BCUT2D eigenvalue weighted by atomic mass is 19.4. The van der Waals surface area contributed by atoms with Gasteiger partial charge in [-0.3, -0.25) is 4.79 Å². The van der Waals surface area contributed by atoms with Crippen LogP contribution in [-0.4, -0.2) is 69.8 Å². The monoisotopic (exact) mass is 427 g/mol. The number of nitrogens with zero attached hydrogens (tertiary/aromatic N) is 3. The number of halogens is 3. The summed E-state index contributed by atoms with van der Waals surface area (Å²) in [5.41, 5.74) is -1.27. The Morgan fingerprint density at radius 1 is 1.33 bits per heavy atom. The van der Waals surface area contributed by atoms with Crippen molar-refractivity contribution in [2.24, 2.45) is 0 Å². The average molecular weight is 427 g/mol. The first kappa shape index (κ1) is 23.3. The fraction of sp³-hybridized carbons (Fsp3) is 0.526. The minimum atomic E-state index is -4.68. The van der Waals surface area contributed by atoms with E-state index in [0.29, 0.717) is 19.6 Å². The molecule has 11 heteroatoms. The van der Waals surface area contributed by atoms with Crippen LogP contribution < -0.4 is 15.5 Å². The second-order valence-electron chi connectivity index (χ2n) is 6.69. The van der Waals surface area contributed by atoms with Crippen LogP contribution >= 0.6 is 0 Å². The summed E-state index contributed by atoms with van der Waals surface area (Å²) < 4.78 is 44.8. The van der Waals surface area contributed by atoms with Crippen LogP contribution in [0.3, 0.4) is 0 Å². The quantitative estimate of drug-likeness (QED) is 0.672. The number of anilines is 1. The van der Waals surface area contributed by atoms with Gasteiger partial charge in [-0.25, -0.2) is 4.79 Å². The predicted molar refractivity (Wildman–Crippen MR) is 103 cm³/mol. The molecule has 1 atom stereocenters. The van der Waals surface area contributed by atoms with Crippen molar-refractivity contribution in [3.05, 3.63) is 29.3 Å². The minimum absolute atomic E-state index is 0.0222. The molecule has 1 fully saturated rings. The number of piperazine rings is 1. The molecule has 1 saturated heterocycles. The van der Waals surface area contributed by atoms with Crippen molar-refractivity contribution >= 4 is 17.6 Å². The SMILES string of the molecule is CNC(=O)C1CN(c2ccc(C#N)c(C(F)(F)F)c2)CCN1C(=O)NCCCOC. The second-order valence-corrected chi connectivity index (χ2v) is 6.69. The smallest absolute Gasteiger partial charge is 0.385 e. The zero-order valence-electron chi connectivity index (χ0n) is 16.8. The van der Waals surface area contributed by atoms with E-state index in [0.717, 1.165) is 12.1 Å². The molecule has 1 aliphatic rings. The number of carbonyl (C=O) groups is 2. The molecule has 1 heterocycles. The van der Waals surface area contributed by atoms with E-state index in [1.165, 1.54) is 18.0 Å². The highest BCUT2D eigenvalue weighted by molar-refractivity contribution is 5.88. The van der Waals surface area contributed by atoms with Gasteiger partial charge < -0.3 is 25.2 Å². The maximum absolute atomic E-state index is 13.3. The van der Waals surface area contributed by atoms with Gasteiger partial charge in [0, 0.05) is 52.6 Å². The molecule has 1 unspecified atom stereocenters. The number of hydrogen-bond donors (Lipinski definition) is 2. The number of carbonyl (C=O) groups excluding carboxylic acids is 2. The number of benzene rings is 1. The Morgan fingerprint density at radius 3 is 2.67 bits per heavy atom. The Labute approximate surface area is 172 Å². The first-order valence-electron chi connectivity index (χ1n) is 9.34. The van der Waals surface area contributed by atoms with Gasteiger partial charge in [0.05, 0.1) is 17.2 Å². The standard InChI is InChI=1S/C19H24F3N5O3/c1-24-17(28)16-12-26(7-8-27(16)18(29)25-6-3-9-30-2)14-5-4-13(11-23)15(10-14)19(20,21)22/h4-5,10,16H,3,6-9,12H2,1-2H3,(H,24,28)(H,25,29). The third-order valence-corrected chi connectivity index (χ3v) is 4.79. The molecule has 2 N–H and O–H groups in total. The number of nitriles is 1. The summed E-state index contributed by atoms with van der Waals surface area (Å²) in [6.07, 6.45) is -4.07. The molecule has 2 rings (SSSR count). The number of nitrogens with one attached hydrogen (secondary N) is 2. The average Bonchev–Trinajstić information content (AvgIpc) is 2.74. The van der Waals surface area contributed by atoms with Crippen molar-refractivity contribution in [1.82, 2.24) is 15.5 Å². The molecular formula is C19H24F3N5O3. The van der Waals surface area contributed by atoms with Gasteiger partial charge in [0.15, 0.2) is 0 Å². The van der Waals surface area contributed by atoms with E-state index in [-0.39, 0.29) is 25.3 Å². The second kappa shape index (κ2) is 10.2. The van der Waals surface area contributed by atoms with Crippen LogP contribution in [0.5, 0.6) is 0 Å². The molecule has 30 heavy (non-hydrogen) atoms. The van der Waals surface area contributed by atoms with E-state index in [1.54, 1.807) is 18.1 Å². The Hall–Kier alpha value is -3.00. The lowest BCUT2D eigenvalue weighted by Gasteiger charge is -2.41. The maximum atomic E-state index is 13.3.